The van der Waals surface area contributed by atoms with Crippen LogP contribution in [0.15, 0.2) is 23.2 Å². The van der Waals surface area contributed by atoms with Gasteiger partial charge < -0.3 is 19.7 Å². The van der Waals surface area contributed by atoms with Crippen LogP contribution in [0.5, 0.6) is 5.75 Å². The molecule has 1 heterocycles. The van der Waals surface area contributed by atoms with Crippen LogP contribution in [-0.2, 0) is 17.6 Å². The van der Waals surface area contributed by atoms with Gasteiger partial charge in [0.2, 0.25) is 0 Å². The van der Waals surface area contributed by atoms with E-state index in [0.29, 0.717) is 0 Å². The molecule has 0 bridgehead atoms. The first-order chi connectivity index (χ1) is 11.8. The summed E-state index contributed by atoms with van der Waals surface area (Å²) in [6, 6.07) is 6.52. The Bertz CT molecular complexity index is 570. The molecule has 1 fully saturated rings. The zero-order valence-corrected chi connectivity index (χ0v) is 14.9. The Morgan fingerprint density at radius 2 is 2.29 bits per heavy atom. The monoisotopic (exact) mass is 331 g/mol. The Morgan fingerprint density at radius 1 is 1.42 bits per heavy atom. The number of benzene rings is 1. The number of rotatable bonds is 8. The van der Waals surface area contributed by atoms with E-state index in [-0.39, 0.29) is 0 Å². The quantitative estimate of drug-likeness (QED) is 0.450. The molecule has 0 radical (unpaired) electrons. The molecule has 1 aliphatic carbocycles. The molecule has 0 spiro atoms. The van der Waals surface area contributed by atoms with E-state index in [2.05, 4.69) is 40.5 Å². The highest BCUT2D eigenvalue weighted by atomic mass is 16.5. The molecule has 5 nitrogen and oxygen atoms in total. The average molecular weight is 331 g/mol. The Hall–Kier alpha value is -1.75. The smallest absolute Gasteiger partial charge is 0.193 e. The molecular weight excluding hydrogens is 302 g/mol. The molecule has 24 heavy (non-hydrogen) atoms. The fraction of sp³-hybridized carbons (Fsp3) is 0.632. The average Bonchev–Trinajstić information content (AvgIpc) is 3.30. The highest BCUT2D eigenvalue weighted by Crippen LogP contribution is 2.28. The van der Waals surface area contributed by atoms with Crippen molar-refractivity contribution in [3.8, 4) is 5.75 Å². The van der Waals surface area contributed by atoms with Crippen molar-refractivity contribution < 1.29 is 9.47 Å². The fourth-order valence-electron chi connectivity index (χ4n) is 2.94. The van der Waals surface area contributed by atoms with Crippen LogP contribution in [-0.4, -0.2) is 57.9 Å². The summed E-state index contributed by atoms with van der Waals surface area (Å²) >= 11 is 0. The van der Waals surface area contributed by atoms with Crippen molar-refractivity contribution in [1.29, 1.82) is 0 Å². The molecule has 2 aliphatic rings. The van der Waals surface area contributed by atoms with Gasteiger partial charge in [-0.1, -0.05) is 12.1 Å². The second-order valence-corrected chi connectivity index (χ2v) is 6.70. The van der Waals surface area contributed by atoms with Gasteiger partial charge in [-0.05, 0) is 42.4 Å². The van der Waals surface area contributed by atoms with E-state index in [1.54, 1.807) is 0 Å². The van der Waals surface area contributed by atoms with Crippen molar-refractivity contribution in [2.75, 3.05) is 47.0 Å². The van der Waals surface area contributed by atoms with Crippen molar-refractivity contribution in [1.82, 2.24) is 10.2 Å². The van der Waals surface area contributed by atoms with Gasteiger partial charge in [-0.15, -0.1) is 0 Å². The number of nitrogens with zero attached hydrogens (tertiary/aromatic N) is 2. The predicted molar refractivity (Wildman–Crippen MR) is 96.9 cm³/mol. The van der Waals surface area contributed by atoms with Crippen molar-refractivity contribution in [3.05, 3.63) is 29.3 Å². The zero-order chi connectivity index (χ0) is 16.8. The molecule has 1 aliphatic heterocycles. The van der Waals surface area contributed by atoms with Gasteiger partial charge in [0.1, 0.15) is 5.75 Å². The van der Waals surface area contributed by atoms with E-state index in [1.165, 1.54) is 24.0 Å². The normalized spacial score (nSPS) is 16.7. The third kappa shape index (κ3) is 4.87. The standard InChI is InChI=1S/C19H29N3O2/c1-20-19(22(2)10-12-23-14-16-3-4-16)21-9-7-15-5-6-18-17(13-15)8-11-24-18/h5-6,13,16H,3-4,7-12,14H2,1-2H3,(H,20,21). The summed E-state index contributed by atoms with van der Waals surface area (Å²) < 4.78 is 11.3. The van der Waals surface area contributed by atoms with Crippen LogP contribution in [0.1, 0.15) is 24.0 Å². The third-order valence-corrected chi connectivity index (χ3v) is 4.65. The highest BCUT2D eigenvalue weighted by molar-refractivity contribution is 5.79. The zero-order valence-electron chi connectivity index (χ0n) is 14.9. The fourth-order valence-corrected chi connectivity index (χ4v) is 2.94. The summed E-state index contributed by atoms with van der Waals surface area (Å²) in [5.41, 5.74) is 2.68. The molecular formula is C19H29N3O2. The van der Waals surface area contributed by atoms with Gasteiger partial charge in [0, 0.05) is 40.2 Å². The first kappa shape index (κ1) is 17.1. The lowest BCUT2D eigenvalue weighted by Gasteiger charge is -2.22. The topological polar surface area (TPSA) is 46.1 Å². The first-order valence-corrected chi connectivity index (χ1v) is 9.00. The van der Waals surface area contributed by atoms with Crippen LogP contribution >= 0.6 is 0 Å². The summed E-state index contributed by atoms with van der Waals surface area (Å²) in [6.07, 6.45) is 4.70. The van der Waals surface area contributed by atoms with Crippen molar-refractivity contribution in [2.45, 2.75) is 25.7 Å². The molecule has 1 saturated carbocycles. The number of hydrogen-bond acceptors (Lipinski definition) is 3. The molecule has 5 heteroatoms. The summed E-state index contributed by atoms with van der Waals surface area (Å²) in [4.78, 5) is 6.49. The second-order valence-electron chi connectivity index (χ2n) is 6.70. The Morgan fingerprint density at radius 3 is 3.08 bits per heavy atom. The molecule has 1 N–H and O–H groups in total. The number of aliphatic imine (C=N–C) groups is 1. The summed E-state index contributed by atoms with van der Waals surface area (Å²) in [6.45, 7) is 4.24. The lowest BCUT2D eigenvalue weighted by atomic mass is 10.1. The van der Waals surface area contributed by atoms with E-state index >= 15 is 0 Å². The summed E-state index contributed by atoms with van der Waals surface area (Å²) in [5, 5.41) is 3.44. The van der Waals surface area contributed by atoms with Crippen LogP contribution in [0.25, 0.3) is 0 Å². The minimum atomic E-state index is 0.762. The molecule has 132 valence electrons. The van der Waals surface area contributed by atoms with Gasteiger partial charge in [0.15, 0.2) is 5.96 Å². The Kier molecular flexibility index (Phi) is 5.96. The summed E-state index contributed by atoms with van der Waals surface area (Å²) in [5.74, 6) is 2.80. The maximum atomic E-state index is 5.70. The summed E-state index contributed by atoms with van der Waals surface area (Å²) in [7, 11) is 3.89. The molecule has 0 saturated heterocycles. The largest absolute Gasteiger partial charge is 0.493 e. The molecule has 1 aromatic rings. The van der Waals surface area contributed by atoms with Crippen LogP contribution in [0, 0.1) is 5.92 Å². The van der Waals surface area contributed by atoms with E-state index in [1.807, 2.05) is 7.05 Å². The maximum absolute atomic E-state index is 5.70. The molecule has 0 amide bonds. The van der Waals surface area contributed by atoms with Gasteiger partial charge in [0.05, 0.1) is 13.2 Å². The Balaban J connectivity index is 1.37. The minimum Gasteiger partial charge on any atom is -0.493 e. The van der Waals surface area contributed by atoms with Crippen molar-refractivity contribution in [3.63, 3.8) is 0 Å². The molecule has 1 aromatic carbocycles. The number of fused-ring (bicyclic) bond motifs is 1. The first-order valence-electron chi connectivity index (χ1n) is 9.00. The number of hydrogen-bond donors (Lipinski definition) is 1. The van der Waals surface area contributed by atoms with Gasteiger partial charge in [-0.25, -0.2) is 0 Å². The van der Waals surface area contributed by atoms with Crippen LogP contribution in [0.2, 0.25) is 0 Å². The van der Waals surface area contributed by atoms with Gasteiger partial charge in [-0.3, -0.25) is 4.99 Å². The minimum absolute atomic E-state index is 0.762. The van der Waals surface area contributed by atoms with E-state index < -0.39 is 0 Å². The third-order valence-electron chi connectivity index (χ3n) is 4.65. The molecule has 0 atom stereocenters. The number of likely N-dealkylation sites (N-methyl/N-ethyl adjacent to an activating group) is 1. The second kappa shape index (κ2) is 8.38. The molecule has 3 rings (SSSR count). The van der Waals surface area contributed by atoms with E-state index in [0.717, 1.165) is 63.4 Å². The maximum Gasteiger partial charge on any atom is 0.193 e. The molecule has 0 unspecified atom stereocenters. The van der Waals surface area contributed by atoms with Crippen LogP contribution in [0.3, 0.4) is 0 Å². The van der Waals surface area contributed by atoms with E-state index in [9.17, 15) is 0 Å². The lowest BCUT2D eigenvalue weighted by Crippen LogP contribution is -2.41. The highest BCUT2D eigenvalue weighted by Gasteiger charge is 2.21. The predicted octanol–water partition coefficient (Wildman–Crippen LogP) is 2.10. The van der Waals surface area contributed by atoms with Crippen molar-refractivity contribution in [2.24, 2.45) is 10.9 Å². The van der Waals surface area contributed by atoms with Gasteiger partial charge in [-0.2, -0.15) is 0 Å². The Labute approximate surface area is 145 Å². The number of guanidine groups is 1. The number of ether oxygens (including phenoxy) is 2. The van der Waals surface area contributed by atoms with E-state index in [4.69, 9.17) is 9.47 Å². The van der Waals surface area contributed by atoms with Gasteiger partial charge >= 0.3 is 0 Å². The number of nitrogens with one attached hydrogen (secondary N) is 1. The SMILES string of the molecule is CN=C(NCCc1ccc2c(c1)CCO2)N(C)CCOCC1CC1. The van der Waals surface area contributed by atoms with Gasteiger partial charge in [0.25, 0.3) is 0 Å². The van der Waals surface area contributed by atoms with Crippen LogP contribution in [0.4, 0.5) is 0 Å². The van der Waals surface area contributed by atoms with Crippen LogP contribution < -0.4 is 10.1 Å². The van der Waals surface area contributed by atoms with Crippen molar-refractivity contribution >= 4 is 5.96 Å². The molecule has 0 aromatic heterocycles. The lowest BCUT2D eigenvalue weighted by molar-refractivity contribution is 0.115.